The number of Topliss-reactive ketones (excluding diaryl/α,β-unsaturated/α-hetero) is 1. The number of sulfone groups is 1. The molecule has 5 rings (SSSR count). The van der Waals surface area contributed by atoms with Crippen LogP contribution in [0.5, 0.6) is 5.88 Å². The molecule has 0 bridgehead atoms. The Morgan fingerprint density at radius 3 is 2.65 bits per heavy atom. The molecule has 230 valence electrons. The number of benzene rings is 1. The van der Waals surface area contributed by atoms with E-state index in [-0.39, 0.29) is 31.7 Å². The lowest BCUT2D eigenvalue weighted by Gasteiger charge is -2.28. The number of aromatic nitrogens is 1. The van der Waals surface area contributed by atoms with E-state index in [2.05, 4.69) is 38.1 Å². The predicted octanol–water partition coefficient (Wildman–Crippen LogP) is 2.47. The number of fused-ring (bicyclic) bond motifs is 1. The van der Waals surface area contributed by atoms with Crippen molar-refractivity contribution in [3.63, 3.8) is 0 Å². The average Bonchev–Trinajstić information content (AvgIpc) is 3.89. The number of nitrogens with zero attached hydrogens (tertiary/aromatic N) is 2. The fraction of sp³-hybridized carbons (Fsp3) is 0.500. The molecule has 2 aromatic rings. The van der Waals surface area contributed by atoms with Gasteiger partial charge in [-0.15, -0.1) is 6.58 Å². The van der Waals surface area contributed by atoms with Crippen molar-refractivity contribution in [3.8, 4) is 5.88 Å². The molecule has 0 unspecified atom stereocenters. The van der Waals surface area contributed by atoms with Gasteiger partial charge in [0.05, 0.1) is 11.8 Å². The van der Waals surface area contributed by atoms with Crippen LogP contribution in [0.4, 0.5) is 0 Å². The molecule has 3 aliphatic rings. The zero-order chi connectivity index (χ0) is 31.1. The van der Waals surface area contributed by atoms with Crippen molar-refractivity contribution in [2.24, 2.45) is 5.92 Å². The number of ether oxygens (including phenoxy) is 1. The lowest BCUT2D eigenvalue weighted by atomic mass is 10.1. The summed E-state index contributed by atoms with van der Waals surface area (Å²) in [7, 11) is -3.60. The Hall–Kier alpha value is -3.32. The summed E-state index contributed by atoms with van der Waals surface area (Å²) in [6.45, 7) is 7.01. The minimum absolute atomic E-state index is 0.0389. The van der Waals surface area contributed by atoms with Gasteiger partial charge in [-0.1, -0.05) is 35.0 Å². The standard InChI is InChI=1S/C30H35BrN4O7S/c1-4-19-14-30(19,25(36)16-43(40,41)22-8-9-22)34-27(38)24-13-21(15-35(24)29(39)17(3)33-26(37)5-2)42-28-23-12-20(31)7-6-18(23)10-11-32-28/h4,6-7,10-12,17,19,21-22,24H,1,5,8-9,13-16H2,2-3H3,(H,33,37)(H,34,38)/t17-,19-,21-,24+,30-/m1/s1. The van der Waals surface area contributed by atoms with E-state index >= 15 is 0 Å². The predicted molar refractivity (Wildman–Crippen MR) is 163 cm³/mol. The van der Waals surface area contributed by atoms with E-state index in [1.807, 2.05) is 24.3 Å². The van der Waals surface area contributed by atoms with Crippen molar-refractivity contribution in [2.45, 2.75) is 74.9 Å². The molecule has 2 N–H and O–H groups in total. The highest BCUT2D eigenvalue weighted by atomic mass is 79.9. The summed E-state index contributed by atoms with van der Waals surface area (Å²) in [5.41, 5.74) is -1.39. The second kappa shape index (κ2) is 12.0. The summed E-state index contributed by atoms with van der Waals surface area (Å²) in [6, 6.07) is 5.59. The summed E-state index contributed by atoms with van der Waals surface area (Å²) < 4.78 is 32.3. The fourth-order valence-corrected chi connectivity index (χ4v) is 7.73. The molecule has 11 nitrogen and oxygen atoms in total. The van der Waals surface area contributed by atoms with Gasteiger partial charge < -0.3 is 20.3 Å². The van der Waals surface area contributed by atoms with Gasteiger partial charge in [0.1, 0.15) is 29.5 Å². The minimum atomic E-state index is -3.60. The largest absolute Gasteiger partial charge is 0.472 e. The van der Waals surface area contributed by atoms with Gasteiger partial charge in [0.2, 0.25) is 23.6 Å². The molecule has 3 amide bonds. The molecule has 2 saturated carbocycles. The first-order chi connectivity index (χ1) is 20.4. The number of halogens is 1. The first-order valence-corrected chi connectivity index (χ1v) is 16.9. The molecular weight excluding hydrogens is 640 g/mol. The van der Waals surface area contributed by atoms with Crippen LogP contribution in [0.2, 0.25) is 0 Å². The van der Waals surface area contributed by atoms with E-state index in [0.717, 1.165) is 15.2 Å². The van der Waals surface area contributed by atoms with Crippen LogP contribution in [0, 0.1) is 5.92 Å². The number of hydrogen-bond acceptors (Lipinski definition) is 8. The molecule has 0 spiro atoms. The summed E-state index contributed by atoms with van der Waals surface area (Å²) in [5.74, 6) is -2.68. The van der Waals surface area contributed by atoms with Crippen molar-refractivity contribution < 1.29 is 32.3 Å². The van der Waals surface area contributed by atoms with Crippen LogP contribution in [-0.2, 0) is 29.0 Å². The van der Waals surface area contributed by atoms with Crippen molar-refractivity contribution in [2.75, 3.05) is 12.3 Å². The zero-order valence-electron chi connectivity index (χ0n) is 24.0. The van der Waals surface area contributed by atoms with E-state index in [1.54, 1.807) is 20.0 Å². The number of pyridine rings is 1. The van der Waals surface area contributed by atoms with Gasteiger partial charge in [0, 0.05) is 34.8 Å². The Labute approximate surface area is 258 Å². The zero-order valence-corrected chi connectivity index (χ0v) is 26.4. The van der Waals surface area contributed by atoms with Gasteiger partial charge in [0.25, 0.3) is 0 Å². The third-order valence-corrected chi connectivity index (χ3v) is 11.0. The van der Waals surface area contributed by atoms with Crippen LogP contribution >= 0.6 is 15.9 Å². The number of carbonyl (C=O) groups excluding carboxylic acids is 4. The number of ketones is 1. The summed E-state index contributed by atoms with van der Waals surface area (Å²) in [6.07, 6.45) is 4.13. The number of rotatable bonds is 12. The van der Waals surface area contributed by atoms with Crippen LogP contribution < -0.4 is 15.4 Å². The van der Waals surface area contributed by atoms with Gasteiger partial charge in [0.15, 0.2) is 15.6 Å². The molecule has 13 heteroatoms. The maximum absolute atomic E-state index is 13.8. The van der Waals surface area contributed by atoms with Crippen molar-refractivity contribution in [1.29, 1.82) is 0 Å². The lowest BCUT2D eigenvalue weighted by Crippen LogP contribution is -2.56. The maximum atomic E-state index is 13.8. The third-order valence-electron chi connectivity index (χ3n) is 8.40. The highest BCUT2D eigenvalue weighted by Gasteiger charge is 2.61. The van der Waals surface area contributed by atoms with E-state index in [1.165, 1.54) is 11.0 Å². The number of nitrogens with one attached hydrogen (secondary N) is 2. The molecule has 2 aliphatic carbocycles. The second-order valence-corrected chi connectivity index (χ2v) is 14.7. The molecular formula is C30H35BrN4O7S. The van der Waals surface area contributed by atoms with Gasteiger partial charge in [-0.25, -0.2) is 13.4 Å². The second-order valence-electron chi connectivity index (χ2n) is 11.5. The molecule has 1 aromatic carbocycles. The number of carbonyl (C=O) groups is 4. The van der Waals surface area contributed by atoms with Crippen LogP contribution in [0.25, 0.3) is 10.8 Å². The molecule has 1 aliphatic heterocycles. The molecule has 2 heterocycles. The topological polar surface area (TPSA) is 152 Å². The number of amides is 3. The Balaban J connectivity index is 1.39. The molecule has 3 fully saturated rings. The molecule has 1 aromatic heterocycles. The average molecular weight is 676 g/mol. The molecule has 43 heavy (non-hydrogen) atoms. The van der Waals surface area contributed by atoms with E-state index in [0.29, 0.717) is 18.7 Å². The fourth-order valence-electron chi connectivity index (χ4n) is 5.66. The van der Waals surface area contributed by atoms with Crippen molar-refractivity contribution >= 4 is 60.0 Å². The van der Waals surface area contributed by atoms with Crippen molar-refractivity contribution in [1.82, 2.24) is 20.5 Å². The normalized spacial score (nSPS) is 25.6. The molecule has 0 radical (unpaired) electrons. The Kier molecular flexibility index (Phi) is 8.68. The molecule has 1 saturated heterocycles. The van der Waals surface area contributed by atoms with Gasteiger partial charge in [-0.2, -0.15) is 0 Å². The van der Waals surface area contributed by atoms with Gasteiger partial charge in [-0.05, 0) is 49.8 Å². The Morgan fingerprint density at radius 1 is 1.26 bits per heavy atom. The van der Waals surface area contributed by atoms with E-state index in [9.17, 15) is 27.6 Å². The summed E-state index contributed by atoms with van der Waals surface area (Å²) in [4.78, 5) is 58.5. The lowest BCUT2D eigenvalue weighted by molar-refractivity contribution is -0.141. The SMILES string of the molecule is C=C[C@@H]1C[C@]1(NC(=O)[C@@H]1C[C@@H](Oc2nccc3ccc(Br)cc23)CN1C(=O)[C@@H](C)NC(=O)CC)C(=O)CS(=O)(=O)C1CC1. The van der Waals surface area contributed by atoms with Crippen molar-refractivity contribution in [3.05, 3.63) is 47.6 Å². The Morgan fingerprint density at radius 2 is 2.00 bits per heavy atom. The van der Waals surface area contributed by atoms with E-state index < -0.39 is 68.1 Å². The van der Waals surface area contributed by atoms with Gasteiger partial charge in [-0.3, -0.25) is 19.2 Å². The van der Waals surface area contributed by atoms with E-state index in [4.69, 9.17) is 4.74 Å². The minimum Gasteiger partial charge on any atom is -0.472 e. The van der Waals surface area contributed by atoms with Crippen LogP contribution in [0.3, 0.4) is 0 Å². The Bertz CT molecular complexity index is 1590. The maximum Gasteiger partial charge on any atom is 0.245 e. The highest BCUT2D eigenvalue weighted by Crippen LogP contribution is 2.46. The third kappa shape index (κ3) is 6.47. The number of likely N-dealkylation sites (tertiary alicyclic amines) is 1. The van der Waals surface area contributed by atoms with Gasteiger partial charge >= 0.3 is 0 Å². The summed E-state index contributed by atoms with van der Waals surface area (Å²) >= 11 is 3.47. The molecule has 5 atom stereocenters. The van der Waals surface area contributed by atoms with Crippen LogP contribution in [0.15, 0.2) is 47.6 Å². The quantitative estimate of drug-likeness (QED) is 0.326. The number of hydrogen-bond donors (Lipinski definition) is 2. The van der Waals surface area contributed by atoms with Crippen LogP contribution in [0.1, 0.15) is 46.0 Å². The highest BCUT2D eigenvalue weighted by molar-refractivity contribution is 9.10. The smallest absolute Gasteiger partial charge is 0.245 e. The monoisotopic (exact) mass is 674 g/mol. The summed E-state index contributed by atoms with van der Waals surface area (Å²) in [5, 5.41) is 6.59. The van der Waals surface area contributed by atoms with Crippen LogP contribution in [-0.4, -0.2) is 83.1 Å². The first kappa shape index (κ1) is 31.1. The first-order valence-electron chi connectivity index (χ1n) is 14.4.